The van der Waals surface area contributed by atoms with Crippen LogP contribution in [0.1, 0.15) is 52.7 Å². The summed E-state index contributed by atoms with van der Waals surface area (Å²) in [7, 11) is 0. The van der Waals surface area contributed by atoms with Crippen molar-refractivity contribution >= 4 is 11.4 Å². The molecular weight excluding hydrogens is 436 g/mol. The first-order valence-corrected chi connectivity index (χ1v) is 10.8. The first-order valence-electron chi connectivity index (χ1n) is 10.8. The molecule has 178 valence electrons. The van der Waals surface area contributed by atoms with Crippen LogP contribution >= 0.6 is 0 Å². The van der Waals surface area contributed by atoms with Gasteiger partial charge in [-0.1, -0.05) is 41.5 Å². The number of benzene rings is 3. The third kappa shape index (κ3) is 5.70. The predicted molar refractivity (Wildman–Crippen MR) is 130 cm³/mol. The molecule has 0 N–H and O–H groups in total. The highest BCUT2D eigenvalue weighted by Gasteiger charge is 2.27. The number of nitro groups is 2. The summed E-state index contributed by atoms with van der Waals surface area (Å²) in [5.74, 6) is 2.23. The summed E-state index contributed by atoms with van der Waals surface area (Å²) in [5, 5.41) is 21.9. The minimum Gasteiger partial charge on any atom is -0.457 e. The van der Waals surface area contributed by atoms with Crippen LogP contribution in [0.4, 0.5) is 11.4 Å². The number of hydrogen-bond acceptors (Lipinski definition) is 6. The molecule has 34 heavy (non-hydrogen) atoms. The van der Waals surface area contributed by atoms with Crippen LogP contribution in [0.2, 0.25) is 0 Å². The van der Waals surface area contributed by atoms with E-state index in [0.717, 1.165) is 11.1 Å². The van der Waals surface area contributed by atoms with Crippen molar-refractivity contribution in [1.29, 1.82) is 0 Å². The maximum atomic E-state index is 11.0. The van der Waals surface area contributed by atoms with Gasteiger partial charge in [0.1, 0.15) is 23.0 Å². The lowest BCUT2D eigenvalue weighted by atomic mass is 9.81. The van der Waals surface area contributed by atoms with Gasteiger partial charge in [-0.3, -0.25) is 20.2 Å². The molecule has 8 nitrogen and oxygen atoms in total. The maximum absolute atomic E-state index is 11.0. The fraction of sp³-hybridized carbons (Fsp3) is 0.308. The van der Waals surface area contributed by atoms with Crippen LogP contribution in [-0.2, 0) is 10.8 Å². The Bertz CT molecular complexity index is 1110. The van der Waals surface area contributed by atoms with Crippen LogP contribution in [0, 0.1) is 20.2 Å². The third-order valence-corrected chi connectivity index (χ3v) is 5.25. The highest BCUT2D eigenvalue weighted by molar-refractivity contribution is 5.54. The molecule has 0 bridgehead atoms. The molecule has 0 saturated carbocycles. The van der Waals surface area contributed by atoms with Crippen molar-refractivity contribution in [2.24, 2.45) is 0 Å². The fourth-order valence-electron chi connectivity index (χ4n) is 3.43. The molecule has 0 spiro atoms. The van der Waals surface area contributed by atoms with Crippen LogP contribution in [0.15, 0.2) is 60.7 Å². The number of ether oxygens (including phenoxy) is 2. The molecule has 0 saturated heterocycles. The van der Waals surface area contributed by atoms with Crippen molar-refractivity contribution in [2.45, 2.75) is 52.4 Å². The van der Waals surface area contributed by atoms with Crippen LogP contribution < -0.4 is 9.47 Å². The zero-order valence-corrected chi connectivity index (χ0v) is 20.1. The lowest BCUT2D eigenvalue weighted by Gasteiger charge is -2.29. The summed E-state index contributed by atoms with van der Waals surface area (Å²) in [4.78, 5) is 21.0. The van der Waals surface area contributed by atoms with Crippen LogP contribution in [0.5, 0.6) is 23.0 Å². The van der Waals surface area contributed by atoms with Crippen LogP contribution in [0.3, 0.4) is 0 Å². The first-order chi connectivity index (χ1) is 15.8. The van der Waals surface area contributed by atoms with Gasteiger partial charge in [0.2, 0.25) is 0 Å². The van der Waals surface area contributed by atoms with Crippen molar-refractivity contribution < 1.29 is 19.3 Å². The summed E-state index contributed by atoms with van der Waals surface area (Å²) >= 11 is 0. The van der Waals surface area contributed by atoms with E-state index in [-0.39, 0.29) is 22.2 Å². The van der Waals surface area contributed by atoms with E-state index >= 15 is 0 Å². The number of non-ortho nitro benzene ring substituents is 2. The smallest absolute Gasteiger partial charge is 0.269 e. The molecule has 3 aromatic rings. The second-order valence-electron chi connectivity index (χ2n) is 10.1. The zero-order chi connectivity index (χ0) is 25.3. The summed E-state index contributed by atoms with van der Waals surface area (Å²) in [6.45, 7) is 12.3. The lowest BCUT2D eigenvalue weighted by Crippen LogP contribution is -2.17. The predicted octanol–water partition coefficient (Wildman–Crippen LogP) is 7.68. The third-order valence-electron chi connectivity index (χ3n) is 5.25. The molecule has 0 radical (unpaired) electrons. The van der Waals surface area contributed by atoms with Crippen molar-refractivity contribution in [3.05, 3.63) is 92.0 Å². The average Bonchev–Trinajstić information content (AvgIpc) is 2.73. The van der Waals surface area contributed by atoms with E-state index in [9.17, 15) is 20.2 Å². The second-order valence-corrected chi connectivity index (χ2v) is 10.1. The topological polar surface area (TPSA) is 105 Å². The van der Waals surface area contributed by atoms with Gasteiger partial charge < -0.3 is 9.47 Å². The van der Waals surface area contributed by atoms with E-state index < -0.39 is 9.85 Å². The van der Waals surface area contributed by atoms with Gasteiger partial charge in [0.05, 0.1) is 9.85 Å². The van der Waals surface area contributed by atoms with Crippen molar-refractivity contribution in [1.82, 2.24) is 0 Å². The molecular formula is C26H28N2O6. The number of nitrogens with zero attached hydrogens (tertiary/aromatic N) is 2. The summed E-state index contributed by atoms with van der Waals surface area (Å²) in [6.07, 6.45) is 0. The highest BCUT2D eigenvalue weighted by Crippen LogP contribution is 2.44. The van der Waals surface area contributed by atoms with E-state index in [0.29, 0.717) is 23.0 Å². The summed E-state index contributed by atoms with van der Waals surface area (Å²) in [5.41, 5.74) is 1.14. The molecule has 0 aliphatic carbocycles. The fourth-order valence-corrected chi connectivity index (χ4v) is 3.43. The van der Waals surface area contributed by atoms with Crippen molar-refractivity contribution in [3.63, 3.8) is 0 Å². The van der Waals surface area contributed by atoms with E-state index in [1.807, 2.05) is 12.1 Å². The maximum Gasteiger partial charge on any atom is 0.269 e. The molecule has 3 aromatic carbocycles. The summed E-state index contributed by atoms with van der Waals surface area (Å²) < 4.78 is 12.4. The van der Waals surface area contributed by atoms with Crippen molar-refractivity contribution in [3.8, 4) is 23.0 Å². The molecule has 0 aromatic heterocycles. The van der Waals surface area contributed by atoms with E-state index in [1.165, 1.54) is 24.3 Å². The Hall–Kier alpha value is -3.94. The van der Waals surface area contributed by atoms with Gasteiger partial charge in [-0.25, -0.2) is 0 Å². The van der Waals surface area contributed by atoms with Crippen LogP contribution in [0.25, 0.3) is 0 Å². The monoisotopic (exact) mass is 464 g/mol. The Morgan fingerprint density at radius 2 is 0.882 bits per heavy atom. The van der Waals surface area contributed by atoms with E-state index in [1.54, 1.807) is 24.3 Å². The molecule has 0 aliphatic rings. The van der Waals surface area contributed by atoms with Gasteiger partial charge in [-0.2, -0.15) is 0 Å². The minimum absolute atomic E-state index is 0.00868. The normalized spacial score (nSPS) is 11.7. The standard InChI is InChI=1S/C26H28N2O6/c1-25(2,3)21-15-24(34-20-13-9-18(10-14-20)28(31)32)22(26(4,5)6)16-23(21)33-19-11-7-17(8-12-19)27(29)30/h7-16H,1-6H3. The Balaban J connectivity index is 2.08. The molecule has 0 heterocycles. The van der Waals surface area contributed by atoms with Gasteiger partial charge in [0.15, 0.2) is 0 Å². The highest BCUT2D eigenvalue weighted by atomic mass is 16.6. The molecule has 0 fully saturated rings. The molecule has 3 rings (SSSR count). The molecule has 0 amide bonds. The molecule has 0 aliphatic heterocycles. The van der Waals surface area contributed by atoms with Gasteiger partial charge in [-0.05, 0) is 47.2 Å². The van der Waals surface area contributed by atoms with Gasteiger partial charge >= 0.3 is 0 Å². The van der Waals surface area contributed by atoms with E-state index in [2.05, 4.69) is 41.5 Å². The number of nitro benzene ring substituents is 2. The van der Waals surface area contributed by atoms with Gasteiger partial charge in [0.25, 0.3) is 11.4 Å². The quantitative estimate of drug-likeness (QED) is 0.274. The SMILES string of the molecule is CC(C)(C)c1cc(Oc2ccc([N+](=O)[O-])cc2)c(C(C)(C)C)cc1Oc1ccc([N+](=O)[O-])cc1. The Labute approximate surface area is 198 Å². The molecule has 8 heteroatoms. The number of rotatable bonds is 6. The van der Waals surface area contributed by atoms with Gasteiger partial charge in [0, 0.05) is 35.4 Å². The largest absolute Gasteiger partial charge is 0.457 e. The lowest BCUT2D eigenvalue weighted by molar-refractivity contribution is -0.385. The van der Waals surface area contributed by atoms with Crippen LogP contribution in [-0.4, -0.2) is 9.85 Å². The zero-order valence-electron chi connectivity index (χ0n) is 20.1. The number of hydrogen-bond donors (Lipinski definition) is 0. The Morgan fingerprint density at radius 3 is 1.12 bits per heavy atom. The molecule has 0 unspecified atom stereocenters. The van der Waals surface area contributed by atoms with Crippen molar-refractivity contribution in [2.75, 3.05) is 0 Å². The molecule has 0 atom stereocenters. The van der Waals surface area contributed by atoms with E-state index in [4.69, 9.17) is 9.47 Å². The Kier molecular flexibility index (Phi) is 6.63. The second kappa shape index (κ2) is 9.13. The van der Waals surface area contributed by atoms with Gasteiger partial charge in [-0.15, -0.1) is 0 Å². The average molecular weight is 465 g/mol. The first kappa shape index (κ1) is 24.7. The summed E-state index contributed by atoms with van der Waals surface area (Å²) in [6, 6.07) is 15.8. The Morgan fingerprint density at radius 1 is 0.588 bits per heavy atom. The minimum atomic E-state index is -0.452.